The van der Waals surface area contributed by atoms with Crippen molar-refractivity contribution in [1.82, 2.24) is 19.5 Å². The van der Waals surface area contributed by atoms with Gasteiger partial charge in [0.15, 0.2) is 17.0 Å². The first-order valence-corrected chi connectivity index (χ1v) is 8.55. The van der Waals surface area contributed by atoms with Crippen molar-refractivity contribution < 1.29 is 14.6 Å². The van der Waals surface area contributed by atoms with Gasteiger partial charge in [0.05, 0.1) is 18.5 Å². The molecule has 1 amide bonds. The number of rotatable bonds is 4. The van der Waals surface area contributed by atoms with Gasteiger partial charge in [-0.2, -0.15) is 0 Å². The maximum absolute atomic E-state index is 12.4. The first kappa shape index (κ1) is 16.6. The van der Waals surface area contributed by atoms with Crippen LogP contribution in [0.4, 0.5) is 5.82 Å². The number of imidazole rings is 1. The van der Waals surface area contributed by atoms with Gasteiger partial charge in [0.1, 0.15) is 12.6 Å². The van der Waals surface area contributed by atoms with Crippen LogP contribution < -0.4 is 5.32 Å². The molecule has 3 atom stereocenters. The second kappa shape index (κ2) is 6.81. The van der Waals surface area contributed by atoms with Crippen LogP contribution >= 0.6 is 0 Å². The summed E-state index contributed by atoms with van der Waals surface area (Å²) in [5.41, 5.74) is 1.57. The fraction of sp³-hybridized carbons (Fsp3) is 0.333. The molecule has 1 aromatic carbocycles. The minimum absolute atomic E-state index is 0.198. The summed E-state index contributed by atoms with van der Waals surface area (Å²) in [6, 6.07) is 8.90. The molecule has 1 saturated heterocycles. The van der Waals surface area contributed by atoms with Gasteiger partial charge in [0.2, 0.25) is 0 Å². The number of anilines is 1. The summed E-state index contributed by atoms with van der Waals surface area (Å²) < 4.78 is 7.66. The Hall–Kier alpha value is -2.84. The lowest BCUT2D eigenvalue weighted by Gasteiger charge is -2.14. The van der Waals surface area contributed by atoms with Gasteiger partial charge >= 0.3 is 0 Å². The summed E-state index contributed by atoms with van der Waals surface area (Å²) in [5.74, 6) is 0.0759. The number of fused-ring (bicyclic) bond motifs is 1. The third-order valence-electron chi connectivity index (χ3n) is 4.54. The number of benzene rings is 1. The van der Waals surface area contributed by atoms with Crippen LogP contribution in [0, 0.1) is 0 Å². The monoisotopic (exact) mass is 353 g/mol. The Morgan fingerprint density at radius 1 is 1.31 bits per heavy atom. The van der Waals surface area contributed by atoms with Crippen molar-refractivity contribution >= 4 is 22.9 Å². The number of nitrogens with zero attached hydrogens (tertiary/aromatic N) is 4. The van der Waals surface area contributed by atoms with E-state index in [0.717, 1.165) is 6.42 Å². The van der Waals surface area contributed by atoms with Crippen LogP contribution in [-0.2, 0) is 4.74 Å². The highest BCUT2D eigenvalue weighted by molar-refractivity contribution is 6.06. The smallest absolute Gasteiger partial charge is 0.256 e. The van der Waals surface area contributed by atoms with Crippen LogP contribution in [0.2, 0.25) is 0 Å². The van der Waals surface area contributed by atoms with Gasteiger partial charge < -0.3 is 15.2 Å². The number of carbonyl (C=O) groups excluding carboxylic acids is 1. The Morgan fingerprint density at radius 3 is 2.85 bits per heavy atom. The first-order valence-electron chi connectivity index (χ1n) is 8.55. The lowest BCUT2D eigenvalue weighted by molar-refractivity contribution is -0.0183. The largest absolute Gasteiger partial charge is 0.390 e. The fourth-order valence-corrected chi connectivity index (χ4v) is 3.18. The fourth-order valence-electron chi connectivity index (χ4n) is 3.18. The third kappa shape index (κ3) is 2.93. The van der Waals surface area contributed by atoms with E-state index >= 15 is 0 Å². The molecule has 3 aromatic rings. The van der Waals surface area contributed by atoms with Crippen LogP contribution in [-0.4, -0.2) is 42.7 Å². The molecule has 2 N–H and O–H groups in total. The molecule has 1 fully saturated rings. The lowest BCUT2D eigenvalue weighted by Crippen LogP contribution is -2.19. The molecule has 4 rings (SSSR count). The molecule has 0 spiro atoms. The Morgan fingerprint density at radius 2 is 2.12 bits per heavy atom. The van der Waals surface area contributed by atoms with Gasteiger partial charge in [0.25, 0.3) is 5.91 Å². The molecule has 134 valence electrons. The summed E-state index contributed by atoms with van der Waals surface area (Å²) in [6.45, 7) is 1.97. The van der Waals surface area contributed by atoms with Crippen molar-refractivity contribution in [3.63, 3.8) is 0 Å². The SMILES string of the molecule is CC[C@@H]1O[C@@H](n2cnc3c(NC(=O)c4ccccc4)ncnc32)C[C@H]1O. The van der Waals surface area contributed by atoms with E-state index in [1.54, 1.807) is 35.2 Å². The van der Waals surface area contributed by atoms with Crippen LogP contribution in [0.3, 0.4) is 0 Å². The van der Waals surface area contributed by atoms with Crippen molar-refractivity contribution in [2.45, 2.75) is 38.2 Å². The lowest BCUT2D eigenvalue weighted by atomic mass is 10.1. The maximum atomic E-state index is 12.4. The minimum atomic E-state index is -0.512. The normalized spacial score (nSPS) is 22.6. The second-order valence-corrected chi connectivity index (χ2v) is 6.21. The van der Waals surface area contributed by atoms with Crippen LogP contribution in [0.5, 0.6) is 0 Å². The molecule has 0 saturated carbocycles. The van der Waals surface area contributed by atoms with Crippen LogP contribution in [0.15, 0.2) is 43.0 Å². The van der Waals surface area contributed by atoms with Gasteiger partial charge in [-0.3, -0.25) is 9.36 Å². The van der Waals surface area contributed by atoms with Gasteiger partial charge in [-0.25, -0.2) is 15.0 Å². The Labute approximate surface area is 149 Å². The zero-order chi connectivity index (χ0) is 18.1. The summed E-state index contributed by atoms with van der Waals surface area (Å²) in [5, 5.41) is 12.9. The average molecular weight is 353 g/mol. The zero-order valence-electron chi connectivity index (χ0n) is 14.2. The quantitative estimate of drug-likeness (QED) is 0.745. The molecule has 0 radical (unpaired) electrons. The summed E-state index contributed by atoms with van der Waals surface area (Å²) in [6.07, 6.45) is 3.14. The van der Waals surface area contributed by atoms with Crippen molar-refractivity contribution in [3.8, 4) is 0 Å². The molecule has 0 aliphatic carbocycles. The van der Waals surface area contributed by atoms with Gasteiger partial charge in [-0.05, 0) is 18.6 Å². The number of ether oxygens (including phenoxy) is 1. The number of aliphatic hydroxyl groups excluding tert-OH is 1. The third-order valence-corrected chi connectivity index (χ3v) is 4.54. The number of aromatic nitrogens is 4. The number of hydrogen-bond acceptors (Lipinski definition) is 6. The molecule has 0 bridgehead atoms. The highest BCUT2D eigenvalue weighted by Crippen LogP contribution is 2.32. The molecular weight excluding hydrogens is 334 g/mol. The van der Waals surface area contributed by atoms with Gasteiger partial charge in [-0.15, -0.1) is 0 Å². The van der Waals surface area contributed by atoms with E-state index in [1.807, 2.05) is 13.0 Å². The van der Waals surface area contributed by atoms with Crippen LogP contribution in [0.25, 0.3) is 11.2 Å². The highest BCUT2D eigenvalue weighted by atomic mass is 16.5. The van der Waals surface area contributed by atoms with E-state index < -0.39 is 6.10 Å². The summed E-state index contributed by atoms with van der Waals surface area (Å²) in [7, 11) is 0. The number of nitrogens with one attached hydrogen (secondary N) is 1. The Kier molecular flexibility index (Phi) is 4.36. The predicted octanol–water partition coefficient (Wildman–Crippen LogP) is 2.14. The number of carbonyl (C=O) groups is 1. The molecule has 26 heavy (non-hydrogen) atoms. The second-order valence-electron chi connectivity index (χ2n) is 6.21. The molecule has 8 nitrogen and oxygen atoms in total. The molecule has 0 unspecified atom stereocenters. The molecule has 1 aliphatic heterocycles. The Balaban J connectivity index is 1.63. The van der Waals surface area contributed by atoms with E-state index in [-0.39, 0.29) is 18.2 Å². The minimum Gasteiger partial charge on any atom is -0.390 e. The summed E-state index contributed by atoms with van der Waals surface area (Å²) >= 11 is 0. The van der Waals surface area contributed by atoms with E-state index in [4.69, 9.17) is 4.74 Å². The van der Waals surface area contributed by atoms with Gasteiger partial charge in [-0.1, -0.05) is 25.1 Å². The van der Waals surface area contributed by atoms with E-state index in [9.17, 15) is 9.90 Å². The maximum Gasteiger partial charge on any atom is 0.256 e. The van der Waals surface area contributed by atoms with Crippen molar-refractivity contribution in [3.05, 3.63) is 48.5 Å². The van der Waals surface area contributed by atoms with Crippen molar-refractivity contribution in [1.29, 1.82) is 0 Å². The number of amides is 1. The standard InChI is InChI=1S/C18H19N5O3/c1-2-13-12(24)8-14(26-13)23-10-21-15-16(19-9-20-17(15)23)22-18(25)11-6-4-3-5-7-11/h3-7,9-10,12-14,24H,2,8H2,1H3,(H,19,20,22,25)/t12-,13+,14-/m1/s1. The average Bonchev–Trinajstić information content (AvgIpc) is 3.26. The summed E-state index contributed by atoms with van der Waals surface area (Å²) in [4.78, 5) is 25.2. The van der Waals surface area contributed by atoms with Crippen molar-refractivity contribution in [2.75, 3.05) is 5.32 Å². The Bertz CT molecular complexity index is 927. The topological polar surface area (TPSA) is 102 Å². The van der Waals surface area contributed by atoms with Crippen molar-refractivity contribution in [2.24, 2.45) is 0 Å². The molecular formula is C18H19N5O3. The first-order chi connectivity index (χ1) is 12.7. The predicted molar refractivity (Wildman–Crippen MR) is 94.5 cm³/mol. The highest BCUT2D eigenvalue weighted by Gasteiger charge is 2.34. The van der Waals surface area contributed by atoms with Gasteiger partial charge in [0, 0.05) is 12.0 Å². The molecule has 8 heteroatoms. The zero-order valence-corrected chi connectivity index (χ0v) is 14.2. The van der Waals surface area contributed by atoms with E-state index in [0.29, 0.717) is 29.0 Å². The molecule has 1 aliphatic rings. The number of aliphatic hydroxyl groups is 1. The van der Waals surface area contributed by atoms with Crippen LogP contribution in [0.1, 0.15) is 36.4 Å². The molecule has 3 heterocycles. The number of hydrogen-bond donors (Lipinski definition) is 2. The van der Waals surface area contributed by atoms with E-state index in [1.165, 1.54) is 6.33 Å². The van der Waals surface area contributed by atoms with E-state index in [2.05, 4.69) is 20.3 Å². The molecule has 2 aromatic heterocycles.